The lowest BCUT2D eigenvalue weighted by molar-refractivity contribution is -0.137. The van der Waals surface area contributed by atoms with Gasteiger partial charge in [-0.15, -0.1) is 0 Å². The minimum absolute atomic E-state index is 0.0432. The Morgan fingerprint density at radius 2 is 1.25 bits per heavy atom. The quantitative estimate of drug-likeness (QED) is 0.523. The summed E-state index contributed by atoms with van der Waals surface area (Å²) >= 11 is 0. The van der Waals surface area contributed by atoms with Crippen LogP contribution in [0.3, 0.4) is 0 Å². The lowest BCUT2D eigenvalue weighted by Gasteiger charge is -2.29. The first-order valence-corrected chi connectivity index (χ1v) is 5.78. The lowest BCUT2D eigenvalue weighted by atomic mass is 10.1. The third-order valence-corrected chi connectivity index (χ3v) is 3.23. The van der Waals surface area contributed by atoms with Crippen LogP contribution in [0.5, 0.6) is 0 Å². The largest absolute Gasteiger partial charge is 0.341 e. The minimum atomic E-state index is -0.361. The van der Waals surface area contributed by atoms with Crippen molar-refractivity contribution < 1.29 is 9.59 Å². The standard InChI is InChI=1S/C10H16N4O2/c15-9-7(5-13-1-2-13)11-10(16)8(12-9)6-14-3-4-14/h7-8H,1-6H2,(H,11,16)(H,12,15)/t7-,8+. The van der Waals surface area contributed by atoms with E-state index in [4.69, 9.17) is 0 Å². The molecule has 2 atom stereocenters. The summed E-state index contributed by atoms with van der Waals surface area (Å²) in [6.07, 6.45) is 0. The molecule has 0 unspecified atom stereocenters. The fraction of sp³-hybridized carbons (Fsp3) is 0.800. The molecule has 2 N–H and O–H groups in total. The molecule has 0 aromatic carbocycles. The van der Waals surface area contributed by atoms with E-state index in [1.165, 1.54) is 0 Å². The van der Waals surface area contributed by atoms with Gasteiger partial charge in [0.15, 0.2) is 0 Å². The van der Waals surface area contributed by atoms with Crippen LogP contribution in [-0.4, -0.2) is 73.0 Å². The predicted molar refractivity (Wildman–Crippen MR) is 56.7 cm³/mol. The molecule has 0 bridgehead atoms. The van der Waals surface area contributed by atoms with E-state index in [0.717, 1.165) is 26.2 Å². The average molecular weight is 224 g/mol. The first-order chi connectivity index (χ1) is 7.72. The molecule has 6 nitrogen and oxygen atoms in total. The molecule has 0 aromatic rings. The Hall–Kier alpha value is -1.14. The SMILES string of the molecule is O=C1N[C@H](CN2CC2)C(=O)N[C@H]1CN1CC1. The molecule has 88 valence electrons. The number of hydrogen-bond acceptors (Lipinski definition) is 4. The van der Waals surface area contributed by atoms with Crippen molar-refractivity contribution in [3.05, 3.63) is 0 Å². The Bertz CT molecular complexity index is 293. The molecule has 0 spiro atoms. The summed E-state index contributed by atoms with van der Waals surface area (Å²) < 4.78 is 0. The van der Waals surface area contributed by atoms with Crippen molar-refractivity contribution in [2.24, 2.45) is 0 Å². The van der Waals surface area contributed by atoms with Crippen molar-refractivity contribution in [1.29, 1.82) is 0 Å². The van der Waals surface area contributed by atoms with E-state index in [-0.39, 0.29) is 23.9 Å². The summed E-state index contributed by atoms with van der Waals surface area (Å²) in [6.45, 7) is 5.45. The molecule has 3 saturated heterocycles. The van der Waals surface area contributed by atoms with Crippen LogP contribution in [0, 0.1) is 0 Å². The van der Waals surface area contributed by atoms with Crippen molar-refractivity contribution in [3.63, 3.8) is 0 Å². The first-order valence-electron chi connectivity index (χ1n) is 5.78. The van der Waals surface area contributed by atoms with E-state index in [1.807, 2.05) is 0 Å². The molecule has 2 amide bonds. The molecule has 3 heterocycles. The summed E-state index contributed by atoms with van der Waals surface area (Å²) in [5, 5.41) is 5.60. The molecule has 3 aliphatic rings. The number of hydrogen-bond donors (Lipinski definition) is 2. The maximum atomic E-state index is 11.7. The van der Waals surface area contributed by atoms with Crippen molar-refractivity contribution in [1.82, 2.24) is 20.4 Å². The second-order valence-electron chi connectivity index (χ2n) is 4.72. The zero-order chi connectivity index (χ0) is 11.1. The lowest BCUT2D eigenvalue weighted by Crippen LogP contribution is -2.65. The number of carbonyl (C=O) groups excluding carboxylic acids is 2. The van der Waals surface area contributed by atoms with Gasteiger partial charge in [-0.25, -0.2) is 0 Å². The van der Waals surface area contributed by atoms with E-state index < -0.39 is 0 Å². The zero-order valence-corrected chi connectivity index (χ0v) is 9.11. The maximum Gasteiger partial charge on any atom is 0.244 e. The van der Waals surface area contributed by atoms with Crippen LogP contribution in [0.4, 0.5) is 0 Å². The summed E-state index contributed by atoms with van der Waals surface area (Å²) in [6, 6.07) is -0.721. The van der Waals surface area contributed by atoms with Crippen molar-refractivity contribution in [3.8, 4) is 0 Å². The number of rotatable bonds is 4. The van der Waals surface area contributed by atoms with Crippen LogP contribution in [0.1, 0.15) is 0 Å². The maximum absolute atomic E-state index is 11.7. The van der Waals surface area contributed by atoms with Crippen molar-refractivity contribution in [2.75, 3.05) is 39.3 Å². The topological polar surface area (TPSA) is 64.2 Å². The predicted octanol–water partition coefficient (Wildman–Crippen LogP) is -2.40. The van der Waals surface area contributed by atoms with E-state index in [1.54, 1.807) is 0 Å². The van der Waals surface area contributed by atoms with Crippen LogP contribution in [-0.2, 0) is 9.59 Å². The van der Waals surface area contributed by atoms with Gasteiger partial charge in [0.05, 0.1) is 0 Å². The van der Waals surface area contributed by atoms with Gasteiger partial charge < -0.3 is 10.6 Å². The minimum Gasteiger partial charge on any atom is -0.341 e. The first kappa shape index (κ1) is 10.0. The van der Waals surface area contributed by atoms with Gasteiger partial charge in [0.2, 0.25) is 11.8 Å². The molecular formula is C10H16N4O2. The summed E-state index contributed by atoms with van der Waals surface area (Å²) in [5.41, 5.74) is 0. The van der Waals surface area contributed by atoms with Gasteiger partial charge in [-0.2, -0.15) is 0 Å². The third kappa shape index (κ3) is 2.17. The molecule has 6 heteroatoms. The molecule has 0 radical (unpaired) electrons. The second-order valence-corrected chi connectivity index (χ2v) is 4.72. The van der Waals surface area contributed by atoms with Gasteiger partial charge in [-0.1, -0.05) is 0 Å². The van der Waals surface area contributed by atoms with E-state index >= 15 is 0 Å². The van der Waals surface area contributed by atoms with Gasteiger partial charge in [0, 0.05) is 39.3 Å². The Balaban J connectivity index is 1.57. The van der Waals surface area contributed by atoms with Crippen molar-refractivity contribution in [2.45, 2.75) is 12.1 Å². The molecule has 0 aliphatic carbocycles. The highest BCUT2D eigenvalue weighted by atomic mass is 16.2. The van der Waals surface area contributed by atoms with Gasteiger partial charge in [0.25, 0.3) is 0 Å². The molecule has 0 saturated carbocycles. The van der Waals surface area contributed by atoms with Crippen LogP contribution >= 0.6 is 0 Å². The monoisotopic (exact) mass is 224 g/mol. The van der Waals surface area contributed by atoms with Gasteiger partial charge >= 0.3 is 0 Å². The van der Waals surface area contributed by atoms with Gasteiger partial charge in [-0.05, 0) is 0 Å². The summed E-state index contributed by atoms with van der Waals surface area (Å²) in [5.74, 6) is -0.0864. The third-order valence-electron chi connectivity index (χ3n) is 3.23. The normalized spacial score (nSPS) is 34.5. The Morgan fingerprint density at radius 1 is 0.875 bits per heavy atom. The average Bonchev–Trinajstić information content (AvgIpc) is 3.08. The van der Waals surface area contributed by atoms with Crippen LogP contribution < -0.4 is 10.6 Å². The highest BCUT2D eigenvalue weighted by Gasteiger charge is 2.37. The van der Waals surface area contributed by atoms with Gasteiger partial charge in [0.1, 0.15) is 12.1 Å². The number of amides is 2. The van der Waals surface area contributed by atoms with E-state index in [2.05, 4.69) is 20.4 Å². The molecule has 3 aliphatic heterocycles. The fourth-order valence-electron chi connectivity index (χ4n) is 1.96. The Morgan fingerprint density at radius 3 is 1.56 bits per heavy atom. The number of nitrogens with one attached hydrogen (secondary N) is 2. The highest BCUT2D eigenvalue weighted by Crippen LogP contribution is 2.10. The number of piperazine rings is 1. The summed E-state index contributed by atoms with van der Waals surface area (Å²) in [7, 11) is 0. The molecule has 16 heavy (non-hydrogen) atoms. The second kappa shape index (κ2) is 3.71. The summed E-state index contributed by atoms with van der Waals surface area (Å²) in [4.78, 5) is 27.8. The Kier molecular flexibility index (Phi) is 2.33. The van der Waals surface area contributed by atoms with E-state index in [9.17, 15) is 9.59 Å². The number of nitrogens with zero attached hydrogens (tertiary/aromatic N) is 2. The van der Waals surface area contributed by atoms with Crippen LogP contribution in [0.2, 0.25) is 0 Å². The van der Waals surface area contributed by atoms with Gasteiger partial charge in [-0.3, -0.25) is 19.4 Å². The Labute approximate surface area is 93.9 Å². The molecule has 3 rings (SSSR count). The number of carbonyl (C=O) groups is 2. The van der Waals surface area contributed by atoms with Crippen LogP contribution in [0.25, 0.3) is 0 Å². The van der Waals surface area contributed by atoms with Crippen molar-refractivity contribution >= 4 is 11.8 Å². The molecule has 3 fully saturated rings. The zero-order valence-electron chi connectivity index (χ0n) is 9.11. The highest BCUT2D eigenvalue weighted by molar-refractivity contribution is 5.97. The fourth-order valence-corrected chi connectivity index (χ4v) is 1.96. The molecule has 0 aromatic heterocycles. The molecular weight excluding hydrogens is 208 g/mol. The van der Waals surface area contributed by atoms with Crippen LogP contribution in [0.15, 0.2) is 0 Å². The smallest absolute Gasteiger partial charge is 0.244 e. The van der Waals surface area contributed by atoms with E-state index in [0.29, 0.717) is 13.1 Å².